The second-order valence-corrected chi connectivity index (χ2v) is 2.48. The van der Waals surface area contributed by atoms with E-state index in [4.69, 9.17) is 5.84 Å². The number of hydrogen-bond acceptors (Lipinski definition) is 2. The maximum Gasteiger partial charge on any atom is 0.126 e. The van der Waals surface area contributed by atoms with Crippen LogP contribution in [0.1, 0.15) is 5.56 Å². The summed E-state index contributed by atoms with van der Waals surface area (Å²) < 4.78 is 25.1. The molecule has 0 bridgehead atoms. The van der Waals surface area contributed by atoms with E-state index in [2.05, 4.69) is 5.43 Å². The molecule has 0 aliphatic heterocycles. The highest BCUT2D eigenvalue weighted by molar-refractivity contribution is 5.18. The van der Waals surface area contributed by atoms with Crippen molar-refractivity contribution in [3.63, 3.8) is 0 Å². The Bertz CT molecular complexity index is 243. The van der Waals surface area contributed by atoms with E-state index >= 15 is 0 Å². The van der Waals surface area contributed by atoms with E-state index in [1.807, 2.05) is 0 Å². The molecule has 0 amide bonds. The van der Waals surface area contributed by atoms with Crippen LogP contribution in [0.5, 0.6) is 0 Å². The predicted octanol–water partition coefficient (Wildman–Crippen LogP) is 0.971. The van der Waals surface area contributed by atoms with Crippen molar-refractivity contribution in [2.45, 2.75) is 6.42 Å². The SMILES string of the molecule is NNCCc1cc(F)cc(F)c1. The van der Waals surface area contributed by atoms with E-state index in [1.54, 1.807) is 0 Å². The number of nitrogens with one attached hydrogen (secondary N) is 1. The van der Waals surface area contributed by atoms with Crippen LogP contribution >= 0.6 is 0 Å². The fourth-order valence-electron chi connectivity index (χ4n) is 0.972. The van der Waals surface area contributed by atoms with Crippen LogP contribution < -0.4 is 11.3 Å². The first-order valence-corrected chi connectivity index (χ1v) is 3.61. The average molecular weight is 172 g/mol. The van der Waals surface area contributed by atoms with Crippen LogP contribution in [0.3, 0.4) is 0 Å². The van der Waals surface area contributed by atoms with Crippen molar-refractivity contribution in [1.29, 1.82) is 0 Å². The number of rotatable bonds is 3. The van der Waals surface area contributed by atoms with Gasteiger partial charge in [0.1, 0.15) is 11.6 Å². The Morgan fingerprint density at radius 3 is 2.25 bits per heavy atom. The molecule has 0 atom stereocenters. The number of hydrogen-bond donors (Lipinski definition) is 2. The zero-order valence-corrected chi connectivity index (χ0v) is 6.48. The first kappa shape index (κ1) is 9.09. The van der Waals surface area contributed by atoms with Crippen molar-refractivity contribution in [2.75, 3.05) is 6.54 Å². The Balaban J connectivity index is 2.72. The van der Waals surface area contributed by atoms with E-state index in [9.17, 15) is 8.78 Å². The zero-order chi connectivity index (χ0) is 8.97. The van der Waals surface area contributed by atoms with Crippen LogP contribution in [0.15, 0.2) is 18.2 Å². The van der Waals surface area contributed by atoms with E-state index in [1.165, 1.54) is 12.1 Å². The van der Waals surface area contributed by atoms with Gasteiger partial charge in [-0.15, -0.1) is 0 Å². The molecule has 1 aromatic rings. The normalized spacial score (nSPS) is 10.2. The molecule has 0 heterocycles. The summed E-state index contributed by atoms with van der Waals surface area (Å²) in [4.78, 5) is 0. The van der Waals surface area contributed by atoms with Gasteiger partial charge >= 0.3 is 0 Å². The molecule has 0 unspecified atom stereocenters. The largest absolute Gasteiger partial charge is 0.271 e. The summed E-state index contributed by atoms with van der Waals surface area (Å²) in [7, 11) is 0. The highest BCUT2D eigenvalue weighted by Crippen LogP contribution is 2.07. The minimum absolute atomic E-state index is 0.503. The van der Waals surface area contributed by atoms with Gasteiger partial charge in [-0.05, 0) is 24.1 Å². The lowest BCUT2D eigenvalue weighted by atomic mass is 10.1. The lowest BCUT2D eigenvalue weighted by molar-refractivity contribution is 0.578. The number of halogens is 2. The lowest BCUT2D eigenvalue weighted by Crippen LogP contribution is -2.24. The van der Waals surface area contributed by atoms with E-state index in [0.29, 0.717) is 18.5 Å². The first-order chi connectivity index (χ1) is 5.72. The van der Waals surface area contributed by atoms with E-state index in [0.717, 1.165) is 6.07 Å². The molecule has 12 heavy (non-hydrogen) atoms. The predicted molar refractivity (Wildman–Crippen MR) is 42.3 cm³/mol. The van der Waals surface area contributed by atoms with Crippen molar-refractivity contribution < 1.29 is 8.78 Å². The molecular weight excluding hydrogens is 162 g/mol. The fraction of sp³-hybridized carbons (Fsp3) is 0.250. The molecular formula is C8H10F2N2. The van der Waals surface area contributed by atoms with Crippen molar-refractivity contribution in [3.05, 3.63) is 35.4 Å². The minimum atomic E-state index is -0.554. The van der Waals surface area contributed by atoms with Gasteiger partial charge in [-0.25, -0.2) is 8.78 Å². The quantitative estimate of drug-likeness (QED) is 0.526. The van der Waals surface area contributed by atoms with Gasteiger partial charge in [-0.1, -0.05) is 0 Å². The summed E-state index contributed by atoms with van der Waals surface area (Å²) >= 11 is 0. The summed E-state index contributed by atoms with van der Waals surface area (Å²) in [6.07, 6.45) is 0.519. The van der Waals surface area contributed by atoms with Crippen LogP contribution in [0.25, 0.3) is 0 Å². The third-order valence-corrected chi connectivity index (χ3v) is 1.48. The van der Waals surface area contributed by atoms with Gasteiger partial charge in [0.05, 0.1) is 0 Å². The van der Waals surface area contributed by atoms with Gasteiger partial charge in [0.2, 0.25) is 0 Å². The van der Waals surface area contributed by atoms with Gasteiger partial charge < -0.3 is 0 Å². The topological polar surface area (TPSA) is 38.0 Å². The van der Waals surface area contributed by atoms with Crippen LogP contribution in [-0.2, 0) is 6.42 Å². The van der Waals surface area contributed by atoms with Gasteiger partial charge in [0.25, 0.3) is 0 Å². The Kier molecular flexibility index (Phi) is 3.13. The number of benzene rings is 1. The van der Waals surface area contributed by atoms with E-state index < -0.39 is 11.6 Å². The van der Waals surface area contributed by atoms with Crippen molar-refractivity contribution in [2.24, 2.45) is 5.84 Å². The molecule has 0 spiro atoms. The molecule has 0 radical (unpaired) electrons. The molecule has 3 N–H and O–H groups in total. The molecule has 1 aromatic carbocycles. The molecule has 66 valence electrons. The van der Waals surface area contributed by atoms with Crippen molar-refractivity contribution in [1.82, 2.24) is 5.43 Å². The summed E-state index contributed by atoms with van der Waals surface area (Å²) in [5.41, 5.74) is 3.01. The monoisotopic (exact) mass is 172 g/mol. The van der Waals surface area contributed by atoms with Gasteiger partial charge in [-0.2, -0.15) is 0 Å². The highest BCUT2D eigenvalue weighted by atomic mass is 19.1. The molecule has 0 aliphatic rings. The zero-order valence-electron chi connectivity index (χ0n) is 6.48. The lowest BCUT2D eigenvalue weighted by Gasteiger charge is -2.00. The fourth-order valence-corrected chi connectivity index (χ4v) is 0.972. The highest BCUT2D eigenvalue weighted by Gasteiger charge is 1.99. The van der Waals surface area contributed by atoms with Crippen LogP contribution in [0, 0.1) is 11.6 Å². The van der Waals surface area contributed by atoms with Crippen LogP contribution in [0.2, 0.25) is 0 Å². The summed E-state index contributed by atoms with van der Waals surface area (Å²) in [6.45, 7) is 0.503. The van der Waals surface area contributed by atoms with Gasteiger partial charge in [0, 0.05) is 12.6 Å². The molecule has 0 saturated heterocycles. The third kappa shape index (κ3) is 2.56. The van der Waals surface area contributed by atoms with E-state index in [-0.39, 0.29) is 0 Å². The van der Waals surface area contributed by atoms with Crippen molar-refractivity contribution in [3.8, 4) is 0 Å². The standard InChI is InChI=1S/C8H10F2N2/c9-7-3-6(1-2-12-11)4-8(10)5-7/h3-5,12H,1-2,11H2. The Morgan fingerprint density at radius 1 is 1.17 bits per heavy atom. The summed E-state index contributed by atoms with van der Waals surface area (Å²) in [5.74, 6) is 3.91. The minimum Gasteiger partial charge on any atom is -0.271 e. The Morgan fingerprint density at radius 2 is 1.75 bits per heavy atom. The average Bonchev–Trinajstić information content (AvgIpc) is 1.99. The van der Waals surface area contributed by atoms with Gasteiger partial charge in [-0.3, -0.25) is 11.3 Å². The smallest absolute Gasteiger partial charge is 0.126 e. The first-order valence-electron chi connectivity index (χ1n) is 3.61. The molecule has 0 fully saturated rings. The molecule has 1 rings (SSSR count). The molecule has 2 nitrogen and oxygen atoms in total. The third-order valence-electron chi connectivity index (χ3n) is 1.48. The van der Waals surface area contributed by atoms with Gasteiger partial charge in [0.15, 0.2) is 0 Å². The summed E-state index contributed by atoms with van der Waals surface area (Å²) in [5, 5.41) is 0. The molecule has 4 heteroatoms. The second-order valence-electron chi connectivity index (χ2n) is 2.48. The van der Waals surface area contributed by atoms with Crippen LogP contribution in [0.4, 0.5) is 8.78 Å². The van der Waals surface area contributed by atoms with Crippen LogP contribution in [-0.4, -0.2) is 6.54 Å². The van der Waals surface area contributed by atoms with Crippen molar-refractivity contribution >= 4 is 0 Å². The second kappa shape index (κ2) is 4.13. The summed E-state index contributed by atoms with van der Waals surface area (Å²) in [6, 6.07) is 3.43. The molecule has 0 aromatic heterocycles. The maximum absolute atomic E-state index is 12.6. The molecule has 0 saturated carbocycles. The Labute approximate surface area is 69.4 Å². The Hall–Kier alpha value is -1.00. The maximum atomic E-state index is 12.6. The number of nitrogens with two attached hydrogens (primary N) is 1. The number of hydrazine groups is 1. The molecule has 0 aliphatic carbocycles.